The van der Waals surface area contributed by atoms with Crippen molar-refractivity contribution in [3.8, 4) is 16.9 Å². The van der Waals surface area contributed by atoms with Gasteiger partial charge in [-0.15, -0.1) is 13.2 Å². The SMILES string of the molecule is O=Cc1ccc(-c2cccc(OC(F)(F)F)c2)c(F)c1. The minimum atomic E-state index is -4.81. The van der Waals surface area contributed by atoms with E-state index in [1.165, 1.54) is 24.3 Å². The molecule has 0 spiro atoms. The van der Waals surface area contributed by atoms with Gasteiger partial charge in [-0.05, 0) is 23.8 Å². The van der Waals surface area contributed by atoms with Crippen LogP contribution in [0.3, 0.4) is 0 Å². The zero-order valence-electron chi connectivity index (χ0n) is 9.95. The summed E-state index contributed by atoms with van der Waals surface area (Å²) in [5.41, 5.74) is 0.457. The molecule has 0 aliphatic carbocycles. The Bertz CT molecular complexity index is 635. The second-order valence-corrected chi connectivity index (χ2v) is 3.93. The number of rotatable bonds is 3. The van der Waals surface area contributed by atoms with Gasteiger partial charge in [-0.3, -0.25) is 4.79 Å². The topological polar surface area (TPSA) is 26.3 Å². The molecule has 0 saturated carbocycles. The Labute approximate surface area is 111 Å². The van der Waals surface area contributed by atoms with Crippen LogP contribution in [0.1, 0.15) is 10.4 Å². The Hall–Kier alpha value is -2.37. The molecule has 6 heteroatoms. The van der Waals surface area contributed by atoms with Crippen molar-refractivity contribution >= 4 is 6.29 Å². The Morgan fingerprint density at radius 2 is 1.80 bits per heavy atom. The molecule has 104 valence electrons. The molecule has 0 atom stereocenters. The highest BCUT2D eigenvalue weighted by molar-refractivity contribution is 5.77. The second-order valence-electron chi connectivity index (χ2n) is 3.93. The summed E-state index contributed by atoms with van der Waals surface area (Å²) in [5, 5.41) is 0. The molecule has 20 heavy (non-hydrogen) atoms. The van der Waals surface area contributed by atoms with Gasteiger partial charge in [0.05, 0.1) is 0 Å². The number of ether oxygens (including phenoxy) is 1. The molecule has 2 rings (SSSR count). The van der Waals surface area contributed by atoms with E-state index < -0.39 is 17.9 Å². The molecule has 0 aliphatic heterocycles. The quantitative estimate of drug-likeness (QED) is 0.623. The third-order valence-electron chi connectivity index (χ3n) is 2.51. The van der Waals surface area contributed by atoms with Gasteiger partial charge in [-0.1, -0.05) is 24.3 Å². The van der Waals surface area contributed by atoms with Crippen LogP contribution in [0.2, 0.25) is 0 Å². The summed E-state index contributed by atoms with van der Waals surface area (Å²) in [4.78, 5) is 10.5. The van der Waals surface area contributed by atoms with Crippen molar-refractivity contribution in [3.05, 3.63) is 53.8 Å². The minimum Gasteiger partial charge on any atom is -0.406 e. The van der Waals surface area contributed by atoms with Gasteiger partial charge in [0.15, 0.2) is 0 Å². The van der Waals surface area contributed by atoms with E-state index in [4.69, 9.17) is 0 Å². The van der Waals surface area contributed by atoms with Gasteiger partial charge >= 0.3 is 6.36 Å². The van der Waals surface area contributed by atoms with Crippen LogP contribution in [0.5, 0.6) is 5.75 Å². The number of benzene rings is 2. The van der Waals surface area contributed by atoms with E-state index in [-0.39, 0.29) is 16.7 Å². The Morgan fingerprint density at radius 1 is 1.05 bits per heavy atom. The Kier molecular flexibility index (Phi) is 3.74. The lowest BCUT2D eigenvalue weighted by Gasteiger charge is -2.10. The highest BCUT2D eigenvalue weighted by atomic mass is 19.4. The maximum atomic E-state index is 13.8. The summed E-state index contributed by atoms with van der Waals surface area (Å²) < 4.78 is 53.9. The first-order valence-electron chi connectivity index (χ1n) is 5.50. The van der Waals surface area contributed by atoms with E-state index in [0.29, 0.717) is 6.29 Å². The van der Waals surface area contributed by atoms with Crippen molar-refractivity contribution in [2.45, 2.75) is 6.36 Å². The average molecular weight is 284 g/mol. The number of hydrogen-bond acceptors (Lipinski definition) is 2. The van der Waals surface area contributed by atoms with Gasteiger partial charge in [-0.2, -0.15) is 0 Å². The number of alkyl halides is 3. The highest BCUT2D eigenvalue weighted by Crippen LogP contribution is 2.29. The molecule has 0 bridgehead atoms. The van der Waals surface area contributed by atoms with Crippen molar-refractivity contribution in [3.63, 3.8) is 0 Å². The van der Waals surface area contributed by atoms with Gasteiger partial charge in [0.1, 0.15) is 17.9 Å². The van der Waals surface area contributed by atoms with Crippen molar-refractivity contribution < 1.29 is 27.1 Å². The molecule has 0 radical (unpaired) electrons. The first kappa shape index (κ1) is 14.0. The van der Waals surface area contributed by atoms with E-state index >= 15 is 0 Å². The molecule has 0 amide bonds. The molecule has 0 N–H and O–H groups in total. The van der Waals surface area contributed by atoms with Crippen molar-refractivity contribution in [1.29, 1.82) is 0 Å². The van der Waals surface area contributed by atoms with Crippen LogP contribution in [-0.4, -0.2) is 12.6 Å². The zero-order valence-corrected chi connectivity index (χ0v) is 9.95. The molecule has 0 saturated heterocycles. The van der Waals surface area contributed by atoms with Gasteiger partial charge in [0.25, 0.3) is 0 Å². The third kappa shape index (κ3) is 3.34. The summed E-state index contributed by atoms with van der Waals surface area (Å²) in [6.07, 6.45) is -4.32. The second kappa shape index (κ2) is 5.32. The third-order valence-corrected chi connectivity index (χ3v) is 2.51. The molecule has 0 unspecified atom stereocenters. The average Bonchev–Trinajstić information content (AvgIpc) is 2.36. The maximum absolute atomic E-state index is 13.8. The first-order valence-corrected chi connectivity index (χ1v) is 5.50. The molecular weight excluding hydrogens is 276 g/mol. The molecule has 0 fully saturated rings. The van der Waals surface area contributed by atoms with E-state index in [0.717, 1.165) is 18.2 Å². The van der Waals surface area contributed by atoms with Crippen LogP contribution in [0.15, 0.2) is 42.5 Å². The van der Waals surface area contributed by atoms with Crippen molar-refractivity contribution in [2.24, 2.45) is 0 Å². The lowest BCUT2D eigenvalue weighted by Crippen LogP contribution is -2.17. The molecule has 2 aromatic carbocycles. The lowest BCUT2D eigenvalue weighted by atomic mass is 10.0. The lowest BCUT2D eigenvalue weighted by molar-refractivity contribution is -0.274. The van der Waals surface area contributed by atoms with E-state index in [1.54, 1.807) is 0 Å². The largest absolute Gasteiger partial charge is 0.573 e. The van der Waals surface area contributed by atoms with E-state index in [9.17, 15) is 22.4 Å². The van der Waals surface area contributed by atoms with Crippen LogP contribution in [0.25, 0.3) is 11.1 Å². The number of halogens is 4. The molecule has 0 aliphatic rings. The normalized spacial score (nSPS) is 11.2. The Balaban J connectivity index is 2.38. The monoisotopic (exact) mass is 284 g/mol. The van der Waals surface area contributed by atoms with Crippen molar-refractivity contribution in [2.75, 3.05) is 0 Å². The molecular formula is C14H8F4O2. The predicted octanol–water partition coefficient (Wildman–Crippen LogP) is 4.20. The van der Waals surface area contributed by atoms with E-state index in [1.807, 2.05) is 0 Å². The van der Waals surface area contributed by atoms with Crippen LogP contribution < -0.4 is 4.74 Å². The minimum absolute atomic E-state index is 0.0863. The summed E-state index contributed by atoms with van der Waals surface area (Å²) in [5.74, 6) is -1.13. The van der Waals surface area contributed by atoms with Crippen LogP contribution >= 0.6 is 0 Å². The van der Waals surface area contributed by atoms with Gasteiger partial charge in [0.2, 0.25) is 0 Å². The number of aldehydes is 1. The fourth-order valence-electron chi connectivity index (χ4n) is 1.70. The summed E-state index contributed by atoms with van der Waals surface area (Å²) in [6.45, 7) is 0. The van der Waals surface area contributed by atoms with Gasteiger partial charge < -0.3 is 4.74 Å². The summed E-state index contributed by atoms with van der Waals surface area (Å²) in [7, 11) is 0. The summed E-state index contributed by atoms with van der Waals surface area (Å²) in [6, 6.07) is 8.68. The molecule has 0 heterocycles. The molecule has 2 aromatic rings. The fourth-order valence-corrected chi connectivity index (χ4v) is 1.70. The molecule has 0 aromatic heterocycles. The zero-order chi connectivity index (χ0) is 14.8. The molecule has 2 nitrogen and oxygen atoms in total. The van der Waals surface area contributed by atoms with Gasteiger partial charge in [-0.25, -0.2) is 4.39 Å². The van der Waals surface area contributed by atoms with Crippen molar-refractivity contribution in [1.82, 2.24) is 0 Å². The van der Waals surface area contributed by atoms with Crippen LogP contribution in [0.4, 0.5) is 17.6 Å². The number of carbonyl (C=O) groups excluding carboxylic acids is 1. The summed E-state index contributed by atoms with van der Waals surface area (Å²) >= 11 is 0. The predicted molar refractivity (Wildman–Crippen MR) is 63.9 cm³/mol. The number of carbonyl (C=O) groups is 1. The fraction of sp³-hybridized carbons (Fsp3) is 0.0714. The standard InChI is InChI=1S/C14H8F4O2/c15-13-6-9(8-19)4-5-12(13)10-2-1-3-11(7-10)20-14(16,17)18/h1-8H. The maximum Gasteiger partial charge on any atom is 0.573 e. The van der Waals surface area contributed by atoms with E-state index in [2.05, 4.69) is 4.74 Å². The van der Waals surface area contributed by atoms with Crippen LogP contribution in [0, 0.1) is 5.82 Å². The number of hydrogen-bond donors (Lipinski definition) is 0. The first-order chi connectivity index (χ1) is 9.39. The van der Waals surface area contributed by atoms with Gasteiger partial charge in [0, 0.05) is 11.1 Å². The highest BCUT2D eigenvalue weighted by Gasteiger charge is 2.31. The smallest absolute Gasteiger partial charge is 0.406 e. The van der Waals surface area contributed by atoms with Crippen LogP contribution in [-0.2, 0) is 0 Å². The Morgan fingerprint density at radius 3 is 2.40 bits per heavy atom.